The second kappa shape index (κ2) is 4.12. The molecular weight excluding hydrogens is 272 g/mol. The molecule has 3 rings (SSSR count). The van der Waals surface area contributed by atoms with Crippen molar-refractivity contribution in [1.82, 2.24) is 0 Å². The summed E-state index contributed by atoms with van der Waals surface area (Å²) < 4.78 is 0. The Bertz CT molecular complexity index is 405. The van der Waals surface area contributed by atoms with E-state index in [-0.39, 0.29) is 0 Å². The van der Waals surface area contributed by atoms with Crippen molar-refractivity contribution in [1.29, 1.82) is 0 Å². The summed E-state index contributed by atoms with van der Waals surface area (Å²) in [6.07, 6.45) is 5.70. The van der Waals surface area contributed by atoms with Gasteiger partial charge in [-0.2, -0.15) is 0 Å². The van der Waals surface area contributed by atoms with E-state index >= 15 is 0 Å². The molecule has 2 aliphatic rings. The molecule has 2 aliphatic carbocycles. The molecule has 17 heavy (non-hydrogen) atoms. The Morgan fingerprint density at radius 1 is 1.12 bits per heavy atom. The first-order valence-electron chi connectivity index (χ1n) is 6.73. The predicted molar refractivity (Wildman–Crippen MR) is 76.7 cm³/mol. The smallest absolute Gasteiger partial charge is 0.00913 e. The molecule has 92 valence electrons. The molecule has 2 saturated carbocycles. The van der Waals surface area contributed by atoms with Crippen molar-refractivity contribution in [2.45, 2.75) is 39.5 Å². The van der Waals surface area contributed by atoms with Gasteiger partial charge >= 0.3 is 0 Å². The highest BCUT2D eigenvalue weighted by Crippen LogP contribution is 2.61. The third kappa shape index (κ3) is 2.31. The van der Waals surface area contributed by atoms with Crippen LogP contribution in [0.25, 0.3) is 0 Å². The first-order chi connectivity index (χ1) is 8.10. The fourth-order valence-electron chi connectivity index (χ4n) is 3.91. The molecule has 0 aromatic heterocycles. The molecule has 0 aliphatic heterocycles. The van der Waals surface area contributed by atoms with Gasteiger partial charge in [0.1, 0.15) is 0 Å². The Kier molecular flexibility index (Phi) is 2.85. The van der Waals surface area contributed by atoms with Gasteiger partial charge in [-0.1, -0.05) is 45.3 Å². The molecule has 0 bridgehead atoms. The number of alkyl halides is 1. The number of fused-ring (bicyclic) bond motifs is 1. The highest BCUT2D eigenvalue weighted by Gasteiger charge is 2.52. The van der Waals surface area contributed by atoms with Crippen molar-refractivity contribution in [2.75, 3.05) is 5.33 Å². The molecule has 1 aromatic carbocycles. The Balaban J connectivity index is 1.80. The van der Waals surface area contributed by atoms with E-state index in [0.29, 0.717) is 5.41 Å². The minimum absolute atomic E-state index is 0.563. The number of aryl methyl sites for hydroxylation is 2. The van der Waals surface area contributed by atoms with Crippen molar-refractivity contribution < 1.29 is 0 Å². The van der Waals surface area contributed by atoms with E-state index in [1.54, 1.807) is 5.56 Å². The van der Waals surface area contributed by atoms with Crippen LogP contribution in [0.1, 0.15) is 36.0 Å². The molecule has 2 fully saturated rings. The highest BCUT2D eigenvalue weighted by atomic mass is 79.9. The maximum absolute atomic E-state index is 3.78. The summed E-state index contributed by atoms with van der Waals surface area (Å²) >= 11 is 3.78. The zero-order valence-corrected chi connectivity index (χ0v) is 12.4. The van der Waals surface area contributed by atoms with Gasteiger partial charge in [0.05, 0.1) is 0 Å². The van der Waals surface area contributed by atoms with Gasteiger partial charge < -0.3 is 0 Å². The second-order valence-electron chi connectivity index (χ2n) is 6.47. The first kappa shape index (κ1) is 11.8. The predicted octanol–water partition coefficient (Wildman–Crippen LogP) is 4.66. The van der Waals surface area contributed by atoms with Gasteiger partial charge in [-0.05, 0) is 62.3 Å². The quantitative estimate of drug-likeness (QED) is 0.711. The van der Waals surface area contributed by atoms with Crippen LogP contribution in [-0.2, 0) is 6.42 Å². The molecule has 2 atom stereocenters. The van der Waals surface area contributed by atoms with Gasteiger partial charge in [-0.25, -0.2) is 0 Å². The van der Waals surface area contributed by atoms with Crippen LogP contribution in [0.2, 0.25) is 0 Å². The summed E-state index contributed by atoms with van der Waals surface area (Å²) in [5.74, 6) is 2.14. The average molecular weight is 293 g/mol. The fraction of sp³-hybridized carbons (Fsp3) is 0.625. The molecule has 2 unspecified atom stereocenters. The van der Waals surface area contributed by atoms with E-state index in [9.17, 15) is 0 Å². The highest BCUT2D eigenvalue weighted by molar-refractivity contribution is 9.09. The lowest BCUT2D eigenvalue weighted by Crippen LogP contribution is -2.23. The summed E-state index contributed by atoms with van der Waals surface area (Å²) in [6, 6.07) is 7.03. The lowest BCUT2D eigenvalue weighted by atomic mass is 9.79. The lowest BCUT2D eigenvalue weighted by Gasteiger charge is -2.29. The standard InChI is InChI=1S/C16H21Br/c1-11-3-12(2)5-13(4-11)7-16(10-17)8-14-6-15(14)9-16/h3-5,14-15H,6-10H2,1-2H3. The maximum Gasteiger partial charge on any atom is 0.00913 e. The van der Waals surface area contributed by atoms with Crippen LogP contribution in [0.15, 0.2) is 18.2 Å². The van der Waals surface area contributed by atoms with Gasteiger partial charge in [-0.15, -0.1) is 0 Å². The van der Waals surface area contributed by atoms with E-state index in [2.05, 4.69) is 48.0 Å². The number of benzene rings is 1. The van der Waals surface area contributed by atoms with E-state index in [1.807, 2.05) is 0 Å². The molecule has 0 saturated heterocycles. The monoisotopic (exact) mass is 292 g/mol. The van der Waals surface area contributed by atoms with Gasteiger partial charge in [0.25, 0.3) is 0 Å². The van der Waals surface area contributed by atoms with Crippen LogP contribution in [-0.4, -0.2) is 5.33 Å². The summed E-state index contributed by atoms with van der Waals surface area (Å²) in [5, 5.41) is 1.18. The number of rotatable bonds is 3. The SMILES string of the molecule is Cc1cc(C)cc(CC2(CBr)CC3CC3C2)c1. The first-order valence-corrected chi connectivity index (χ1v) is 7.85. The van der Waals surface area contributed by atoms with E-state index in [1.165, 1.54) is 42.1 Å². The third-order valence-corrected chi connectivity index (χ3v) is 5.79. The summed E-state index contributed by atoms with van der Waals surface area (Å²) in [4.78, 5) is 0. The third-order valence-electron chi connectivity index (χ3n) is 4.60. The number of hydrogen-bond donors (Lipinski definition) is 0. The molecule has 0 spiro atoms. The summed E-state index contributed by atoms with van der Waals surface area (Å²) in [7, 11) is 0. The topological polar surface area (TPSA) is 0 Å². The average Bonchev–Trinajstić information content (AvgIpc) is 2.85. The van der Waals surface area contributed by atoms with Crippen molar-refractivity contribution in [2.24, 2.45) is 17.3 Å². The fourth-order valence-corrected chi connectivity index (χ4v) is 4.57. The summed E-state index contributed by atoms with van der Waals surface area (Å²) in [6.45, 7) is 4.42. The van der Waals surface area contributed by atoms with Gasteiger partial charge in [0.15, 0.2) is 0 Å². The maximum atomic E-state index is 3.78. The second-order valence-corrected chi connectivity index (χ2v) is 7.03. The Hall–Kier alpha value is -0.300. The van der Waals surface area contributed by atoms with Gasteiger partial charge in [0.2, 0.25) is 0 Å². The lowest BCUT2D eigenvalue weighted by molar-refractivity contribution is 0.308. The van der Waals surface area contributed by atoms with Crippen LogP contribution in [0.4, 0.5) is 0 Å². The molecular formula is C16H21Br. The van der Waals surface area contributed by atoms with E-state index in [4.69, 9.17) is 0 Å². The normalized spacial score (nSPS) is 34.8. The van der Waals surface area contributed by atoms with Crippen LogP contribution >= 0.6 is 15.9 Å². The molecule has 0 nitrogen and oxygen atoms in total. The Labute approximate surface area is 113 Å². The Morgan fingerprint density at radius 3 is 2.24 bits per heavy atom. The van der Waals surface area contributed by atoms with Crippen LogP contribution in [0.3, 0.4) is 0 Å². The zero-order chi connectivity index (χ0) is 12.0. The molecule has 0 amide bonds. The van der Waals surface area contributed by atoms with Crippen LogP contribution in [0, 0.1) is 31.1 Å². The minimum Gasteiger partial charge on any atom is -0.0922 e. The minimum atomic E-state index is 0.563. The molecule has 1 aromatic rings. The Morgan fingerprint density at radius 2 is 1.71 bits per heavy atom. The molecule has 0 heterocycles. The van der Waals surface area contributed by atoms with Crippen molar-refractivity contribution >= 4 is 15.9 Å². The molecule has 0 N–H and O–H groups in total. The molecule has 0 radical (unpaired) electrons. The van der Waals surface area contributed by atoms with Crippen LogP contribution in [0.5, 0.6) is 0 Å². The largest absolute Gasteiger partial charge is 0.0922 e. The van der Waals surface area contributed by atoms with E-state index < -0.39 is 0 Å². The summed E-state index contributed by atoms with van der Waals surface area (Å²) in [5.41, 5.74) is 4.93. The zero-order valence-electron chi connectivity index (χ0n) is 10.8. The number of hydrogen-bond acceptors (Lipinski definition) is 0. The van der Waals surface area contributed by atoms with Gasteiger partial charge in [-0.3, -0.25) is 0 Å². The van der Waals surface area contributed by atoms with Crippen molar-refractivity contribution in [3.63, 3.8) is 0 Å². The number of halogens is 1. The van der Waals surface area contributed by atoms with E-state index in [0.717, 1.165) is 11.8 Å². The van der Waals surface area contributed by atoms with Crippen LogP contribution < -0.4 is 0 Å². The van der Waals surface area contributed by atoms with Crippen molar-refractivity contribution in [3.8, 4) is 0 Å². The van der Waals surface area contributed by atoms with Gasteiger partial charge in [0, 0.05) is 5.33 Å². The van der Waals surface area contributed by atoms with Crippen molar-refractivity contribution in [3.05, 3.63) is 34.9 Å². The molecule has 1 heteroatoms.